The highest BCUT2D eigenvalue weighted by molar-refractivity contribution is 5.34. The number of hydrogen-bond donors (Lipinski definition) is 1. The summed E-state index contributed by atoms with van der Waals surface area (Å²) in [5.74, 6) is 0. The maximum Gasteiger partial charge on any atom is 0.0377 e. The summed E-state index contributed by atoms with van der Waals surface area (Å²) in [6.45, 7) is 11.8. The number of allylic oxidation sites excluding steroid dienone is 8. The Morgan fingerprint density at radius 2 is 2.06 bits per heavy atom. The van der Waals surface area contributed by atoms with Crippen LogP contribution in [-0.2, 0) is 0 Å². The van der Waals surface area contributed by atoms with Gasteiger partial charge in [0.15, 0.2) is 0 Å². The third kappa shape index (κ3) is 3.77. The molecule has 1 heteroatoms. The monoisotopic (exact) mass is 213 g/mol. The van der Waals surface area contributed by atoms with Crippen molar-refractivity contribution in [1.82, 2.24) is 5.32 Å². The Bertz CT molecular complexity index is 390. The molecule has 0 aromatic rings. The van der Waals surface area contributed by atoms with Crippen molar-refractivity contribution in [2.24, 2.45) is 5.41 Å². The first-order valence-corrected chi connectivity index (χ1v) is 5.38. The molecular formula is C15H19N. The first kappa shape index (κ1) is 12.3. The molecule has 1 aliphatic rings. The lowest BCUT2D eigenvalue weighted by molar-refractivity contribution is 0.619. The lowest BCUT2D eigenvalue weighted by Crippen LogP contribution is -2.13. The molecule has 0 saturated heterocycles. The van der Waals surface area contributed by atoms with Gasteiger partial charge in [0.1, 0.15) is 0 Å². The topological polar surface area (TPSA) is 12.0 Å². The zero-order valence-corrected chi connectivity index (χ0v) is 10.0. The average molecular weight is 213 g/mol. The van der Waals surface area contributed by atoms with Crippen molar-refractivity contribution in [3.63, 3.8) is 0 Å². The standard InChI is InChI=1S/C15H19N/c1-5-9-13(6-2)16-14-10-7-8-11-15(3,4)12-14/h5-12,16H,1-2H2,3-4H3/b13-9+. The van der Waals surface area contributed by atoms with E-state index in [1.807, 2.05) is 18.2 Å². The van der Waals surface area contributed by atoms with E-state index in [1.54, 1.807) is 12.2 Å². The molecule has 0 spiro atoms. The molecule has 1 N–H and O–H groups in total. The van der Waals surface area contributed by atoms with Crippen LogP contribution in [0.25, 0.3) is 0 Å². The molecule has 1 rings (SSSR count). The second kappa shape index (κ2) is 5.36. The van der Waals surface area contributed by atoms with Crippen LogP contribution in [0.3, 0.4) is 0 Å². The van der Waals surface area contributed by atoms with Crippen LogP contribution in [0.2, 0.25) is 0 Å². The van der Waals surface area contributed by atoms with Gasteiger partial charge in [-0.3, -0.25) is 0 Å². The summed E-state index contributed by atoms with van der Waals surface area (Å²) < 4.78 is 0. The van der Waals surface area contributed by atoms with E-state index in [2.05, 4.69) is 50.6 Å². The Labute approximate surface area is 98.3 Å². The molecule has 0 heterocycles. The molecular weight excluding hydrogens is 194 g/mol. The molecule has 1 aliphatic carbocycles. The average Bonchev–Trinajstić information content (AvgIpc) is 2.38. The molecule has 0 amide bonds. The van der Waals surface area contributed by atoms with Gasteiger partial charge in [-0.2, -0.15) is 0 Å². The third-order valence-electron chi connectivity index (χ3n) is 2.25. The first-order valence-electron chi connectivity index (χ1n) is 5.38. The fourth-order valence-electron chi connectivity index (χ4n) is 1.49. The van der Waals surface area contributed by atoms with Gasteiger partial charge in [-0.05, 0) is 18.2 Å². The molecule has 0 unspecified atom stereocenters. The van der Waals surface area contributed by atoms with Crippen molar-refractivity contribution >= 4 is 0 Å². The van der Waals surface area contributed by atoms with Crippen LogP contribution in [0.15, 0.2) is 73.2 Å². The summed E-state index contributed by atoms with van der Waals surface area (Å²) >= 11 is 0. The number of hydrogen-bond acceptors (Lipinski definition) is 1. The molecule has 0 aromatic heterocycles. The minimum absolute atomic E-state index is 0.0618. The van der Waals surface area contributed by atoms with Crippen LogP contribution in [0.4, 0.5) is 0 Å². The molecule has 0 saturated carbocycles. The van der Waals surface area contributed by atoms with Crippen molar-refractivity contribution in [3.05, 3.63) is 73.2 Å². The minimum Gasteiger partial charge on any atom is -0.356 e. The molecule has 0 fully saturated rings. The van der Waals surface area contributed by atoms with Crippen LogP contribution in [0, 0.1) is 5.41 Å². The van der Waals surface area contributed by atoms with Crippen molar-refractivity contribution in [1.29, 1.82) is 0 Å². The highest BCUT2D eigenvalue weighted by Gasteiger charge is 2.12. The van der Waals surface area contributed by atoms with Gasteiger partial charge in [0, 0.05) is 16.8 Å². The second-order valence-corrected chi connectivity index (χ2v) is 4.33. The SMILES string of the molecule is C=C/C=C(\C=C)NC1=CC(C)(C)C=CC=C1. The minimum atomic E-state index is 0.0618. The second-order valence-electron chi connectivity index (χ2n) is 4.33. The van der Waals surface area contributed by atoms with Crippen molar-refractivity contribution in [3.8, 4) is 0 Å². The Kier molecular flexibility index (Phi) is 4.12. The summed E-state index contributed by atoms with van der Waals surface area (Å²) in [6, 6.07) is 0. The quantitative estimate of drug-likeness (QED) is 0.699. The highest BCUT2D eigenvalue weighted by Crippen LogP contribution is 2.23. The van der Waals surface area contributed by atoms with Gasteiger partial charge in [-0.25, -0.2) is 0 Å². The summed E-state index contributed by atoms with van der Waals surface area (Å²) in [5.41, 5.74) is 2.08. The summed E-state index contributed by atoms with van der Waals surface area (Å²) in [6.07, 6.45) is 15.9. The van der Waals surface area contributed by atoms with E-state index >= 15 is 0 Å². The molecule has 0 atom stereocenters. The summed E-state index contributed by atoms with van der Waals surface area (Å²) in [5, 5.41) is 3.31. The Balaban J connectivity index is 2.89. The van der Waals surface area contributed by atoms with E-state index in [4.69, 9.17) is 0 Å². The summed E-state index contributed by atoms with van der Waals surface area (Å²) in [7, 11) is 0. The largest absolute Gasteiger partial charge is 0.356 e. The van der Waals surface area contributed by atoms with Crippen LogP contribution in [-0.4, -0.2) is 0 Å². The smallest absolute Gasteiger partial charge is 0.0377 e. The Morgan fingerprint density at radius 3 is 2.69 bits per heavy atom. The molecule has 0 radical (unpaired) electrons. The van der Waals surface area contributed by atoms with Crippen LogP contribution < -0.4 is 5.32 Å². The van der Waals surface area contributed by atoms with Gasteiger partial charge in [0.05, 0.1) is 0 Å². The predicted octanol–water partition coefficient (Wildman–Crippen LogP) is 3.87. The van der Waals surface area contributed by atoms with E-state index in [1.165, 1.54) is 0 Å². The molecule has 84 valence electrons. The normalized spacial score (nSPS) is 18.6. The Morgan fingerprint density at radius 1 is 1.31 bits per heavy atom. The van der Waals surface area contributed by atoms with Gasteiger partial charge in [-0.15, -0.1) is 0 Å². The van der Waals surface area contributed by atoms with E-state index in [0.717, 1.165) is 11.4 Å². The van der Waals surface area contributed by atoms with E-state index < -0.39 is 0 Å². The van der Waals surface area contributed by atoms with E-state index in [0.29, 0.717) is 0 Å². The van der Waals surface area contributed by atoms with Gasteiger partial charge < -0.3 is 5.32 Å². The van der Waals surface area contributed by atoms with Gasteiger partial charge >= 0.3 is 0 Å². The van der Waals surface area contributed by atoms with Gasteiger partial charge in [0.2, 0.25) is 0 Å². The van der Waals surface area contributed by atoms with Crippen molar-refractivity contribution in [2.45, 2.75) is 13.8 Å². The number of rotatable bonds is 4. The zero-order chi connectivity index (χ0) is 12.0. The van der Waals surface area contributed by atoms with Crippen LogP contribution in [0.5, 0.6) is 0 Å². The fraction of sp³-hybridized carbons (Fsp3) is 0.200. The zero-order valence-electron chi connectivity index (χ0n) is 10.0. The predicted molar refractivity (Wildman–Crippen MR) is 71.8 cm³/mol. The molecule has 16 heavy (non-hydrogen) atoms. The fourth-order valence-corrected chi connectivity index (χ4v) is 1.49. The number of nitrogens with one attached hydrogen (secondary N) is 1. The van der Waals surface area contributed by atoms with Crippen LogP contribution in [0.1, 0.15) is 13.8 Å². The molecule has 0 aliphatic heterocycles. The first-order chi connectivity index (χ1) is 7.57. The maximum atomic E-state index is 3.76. The van der Waals surface area contributed by atoms with Gasteiger partial charge in [0.25, 0.3) is 0 Å². The third-order valence-corrected chi connectivity index (χ3v) is 2.25. The van der Waals surface area contributed by atoms with E-state index in [9.17, 15) is 0 Å². The Hall–Kier alpha value is -1.76. The molecule has 0 aromatic carbocycles. The lowest BCUT2D eigenvalue weighted by atomic mass is 9.92. The summed E-state index contributed by atoms with van der Waals surface area (Å²) in [4.78, 5) is 0. The van der Waals surface area contributed by atoms with Gasteiger partial charge in [-0.1, -0.05) is 57.4 Å². The highest BCUT2D eigenvalue weighted by atomic mass is 14.9. The van der Waals surface area contributed by atoms with E-state index in [-0.39, 0.29) is 5.41 Å². The van der Waals surface area contributed by atoms with Crippen molar-refractivity contribution in [2.75, 3.05) is 0 Å². The van der Waals surface area contributed by atoms with Crippen molar-refractivity contribution < 1.29 is 0 Å². The van der Waals surface area contributed by atoms with Crippen LogP contribution >= 0.6 is 0 Å². The maximum absolute atomic E-state index is 3.76. The lowest BCUT2D eigenvalue weighted by Gasteiger charge is -2.16. The molecule has 0 bridgehead atoms. The molecule has 1 nitrogen and oxygen atoms in total.